The molecule has 1 saturated carbocycles. The third-order valence-electron chi connectivity index (χ3n) is 6.39. The fourth-order valence-electron chi connectivity index (χ4n) is 4.85. The predicted octanol–water partition coefficient (Wildman–Crippen LogP) is 6.45. The summed E-state index contributed by atoms with van der Waals surface area (Å²) in [6.45, 7) is 4.83. The molecule has 3 aromatic rings. The number of hydrogen-bond donors (Lipinski definition) is 0. The van der Waals surface area contributed by atoms with E-state index in [-0.39, 0.29) is 17.9 Å². The maximum absolute atomic E-state index is 12.5. The van der Waals surface area contributed by atoms with Crippen molar-refractivity contribution >= 4 is 28.8 Å². The van der Waals surface area contributed by atoms with Gasteiger partial charge in [-0.1, -0.05) is 42.4 Å². The molecule has 0 saturated heterocycles. The minimum absolute atomic E-state index is 0.0159. The normalized spacial score (nSPS) is 18.4. The summed E-state index contributed by atoms with van der Waals surface area (Å²) in [5.74, 6) is 0.640. The van der Waals surface area contributed by atoms with E-state index < -0.39 is 0 Å². The zero-order valence-corrected chi connectivity index (χ0v) is 19.4. The van der Waals surface area contributed by atoms with Crippen molar-refractivity contribution in [2.24, 2.45) is 0 Å². The number of carbonyl (C=O) groups excluding carboxylic acids is 1. The number of nitrogens with zero attached hydrogens (tertiary/aromatic N) is 2. The highest BCUT2D eigenvalue weighted by atomic mass is 35.5. The number of fused-ring (bicyclic) bond motifs is 1. The second kappa shape index (κ2) is 9.08. The summed E-state index contributed by atoms with van der Waals surface area (Å²) in [6, 6.07) is 14.4. The summed E-state index contributed by atoms with van der Waals surface area (Å²) < 4.78 is 7.09. The Morgan fingerprint density at radius 2 is 1.94 bits per heavy atom. The Labute approximate surface area is 197 Å². The quantitative estimate of drug-likeness (QED) is 0.408. The lowest BCUT2D eigenvalue weighted by molar-refractivity contribution is -0.127. The molecule has 5 rings (SSSR count). The standard InChI is InChI=1S/C26H25ClN2O2S/c1-2-25(30)29-15-22(21-14-24(27)32-23(21)16-29)19-11-6-5-10-18(19)20-12-7-13-28-26(20)31-17-8-3-4-9-17/h2,5-7,10-14,17,22H,1,3-4,8-9,15-16H2/t22-/m0/s1. The van der Waals surface area contributed by atoms with Crippen LogP contribution in [0.3, 0.4) is 0 Å². The van der Waals surface area contributed by atoms with Crippen LogP contribution in [0.2, 0.25) is 4.34 Å². The highest BCUT2D eigenvalue weighted by Crippen LogP contribution is 2.44. The Morgan fingerprint density at radius 3 is 2.75 bits per heavy atom. The number of halogens is 1. The number of pyridine rings is 1. The first-order valence-corrected chi connectivity index (χ1v) is 12.2. The van der Waals surface area contributed by atoms with Gasteiger partial charge < -0.3 is 9.64 Å². The highest BCUT2D eigenvalue weighted by Gasteiger charge is 2.32. The number of thiophene rings is 1. The van der Waals surface area contributed by atoms with Crippen molar-refractivity contribution in [1.82, 2.24) is 9.88 Å². The van der Waals surface area contributed by atoms with Crippen molar-refractivity contribution in [3.05, 3.63) is 81.7 Å². The Hall–Kier alpha value is -2.63. The molecular formula is C26H25ClN2O2S. The summed E-state index contributed by atoms with van der Waals surface area (Å²) in [5.41, 5.74) is 4.42. The van der Waals surface area contributed by atoms with Gasteiger partial charge in [0, 0.05) is 29.1 Å². The van der Waals surface area contributed by atoms with Gasteiger partial charge in [0.1, 0.15) is 6.10 Å². The lowest BCUT2D eigenvalue weighted by atomic mass is 9.84. The SMILES string of the molecule is C=CC(=O)N1Cc2sc(Cl)cc2[C@H](c2ccccc2-c2cccnc2OC2CCCC2)C1. The van der Waals surface area contributed by atoms with Crippen LogP contribution in [0.1, 0.15) is 47.6 Å². The van der Waals surface area contributed by atoms with Crippen LogP contribution in [0.5, 0.6) is 5.88 Å². The van der Waals surface area contributed by atoms with E-state index in [0.29, 0.717) is 19.0 Å². The molecule has 1 aromatic carbocycles. The maximum atomic E-state index is 12.5. The molecule has 3 heterocycles. The highest BCUT2D eigenvalue weighted by molar-refractivity contribution is 7.16. The van der Waals surface area contributed by atoms with Crippen LogP contribution in [0, 0.1) is 0 Å². The van der Waals surface area contributed by atoms with Crippen LogP contribution in [-0.4, -0.2) is 28.4 Å². The van der Waals surface area contributed by atoms with E-state index in [2.05, 4.69) is 41.9 Å². The van der Waals surface area contributed by atoms with Crippen LogP contribution in [0.25, 0.3) is 11.1 Å². The van der Waals surface area contributed by atoms with Crippen molar-refractivity contribution < 1.29 is 9.53 Å². The van der Waals surface area contributed by atoms with Gasteiger partial charge in [0.25, 0.3) is 0 Å². The van der Waals surface area contributed by atoms with Crippen molar-refractivity contribution in [2.75, 3.05) is 6.54 Å². The van der Waals surface area contributed by atoms with Gasteiger partial charge in [0.05, 0.1) is 10.9 Å². The third-order valence-corrected chi connectivity index (χ3v) is 7.65. The first-order chi connectivity index (χ1) is 15.6. The number of aromatic nitrogens is 1. The fourth-order valence-corrected chi connectivity index (χ4v) is 6.20. The van der Waals surface area contributed by atoms with Gasteiger partial charge in [-0.3, -0.25) is 4.79 Å². The number of amides is 1. The van der Waals surface area contributed by atoms with E-state index >= 15 is 0 Å². The number of rotatable bonds is 5. The Bertz CT molecular complexity index is 1150. The molecule has 6 heteroatoms. The predicted molar refractivity (Wildman–Crippen MR) is 129 cm³/mol. The molecule has 1 atom stereocenters. The lowest BCUT2D eigenvalue weighted by Crippen LogP contribution is -2.37. The molecule has 0 N–H and O–H groups in total. The van der Waals surface area contributed by atoms with Crippen molar-refractivity contribution in [2.45, 2.75) is 44.2 Å². The van der Waals surface area contributed by atoms with Gasteiger partial charge in [-0.05, 0) is 66.6 Å². The van der Waals surface area contributed by atoms with Crippen molar-refractivity contribution in [3.8, 4) is 17.0 Å². The molecule has 164 valence electrons. The summed E-state index contributed by atoms with van der Waals surface area (Å²) in [6.07, 6.45) is 7.98. The second-order valence-corrected chi connectivity index (χ2v) is 10.1. The minimum Gasteiger partial charge on any atom is -0.474 e. The number of ether oxygens (including phenoxy) is 1. The molecule has 32 heavy (non-hydrogen) atoms. The van der Waals surface area contributed by atoms with E-state index in [9.17, 15) is 4.79 Å². The van der Waals surface area contributed by atoms with Crippen LogP contribution in [-0.2, 0) is 11.3 Å². The lowest BCUT2D eigenvalue weighted by Gasteiger charge is -2.33. The van der Waals surface area contributed by atoms with E-state index in [1.54, 1.807) is 17.5 Å². The van der Waals surface area contributed by atoms with Crippen molar-refractivity contribution in [3.63, 3.8) is 0 Å². The molecule has 1 aliphatic heterocycles. The zero-order valence-electron chi connectivity index (χ0n) is 17.8. The van der Waals surface area contributed by atoms with Gasteiger partial charge in [0.2, 0.25) is 11.8 Å². The molecule has 0 bridgehead atoms. The Morgan fingerprint density at radius 1 is 1.16 bits per heavy atom. The molecule has 2 aliphatic rings. The summed E-state index contributed by atoms with van der Waals surface area (Å²) in [7, 11) is 0. The first kappa shape index (κ1) is 21.2. The van der Waals surface area contributed by atoms with E-state index in [1.807, 2.05) is 17.0 Å². The van der Waals surface area contributed by atoms with Gasteiger partial charge in [-0.15, -0.1) is 11.3 Å². The van der Waals surface area contributed by atoms with Crippen LogP contribution in [0.4, 0.5) is 0 Å². The smallest absolute Gasteiger partial charge is 0.246 e. The summed E-state index contributed by atoms with van der Waals surface area (Å²) >= 11 is 7.95. The maximum Gasteiger partial charge on any atom is 0.246 e. The van der Waals surface area contributed by atoms with Gasteiger partial charge in [0.15, 0.2) is 0 Å². The molecule has 2 aromatic heterocycles. The number of hydrogen-bond acceptors (Lipinski definition) is 4. The molecule has 1 fully saturated rings. The second-order valence-electron chi connectivity index (χ2n) is 8.37. The zero-order chi connectivity index (χ0) is 22.1. The van der Waals surface area contributed by atoms with Gasteiger partial charge >= 0.3 is 0 Å². The summed E-state index contributed by atoms with van der Waals surface area (Å²) in [5, 5.41) is 0. The van der Waals surface area contributed by atoms with E-state index in [0.717, 1.165) is 38.7 Å². The third kappa shape index (κ3) is 4.07. The Kier molecular flexibility index (Phi) is 6.03. The number of carbonyl (C=O) groups is 1. The molecule has 4 nitrogen and oxygen atoms in total. The average molecular weight is 465 g/mol. The van der Waals surface area contributed by atoms with Gasteiger partial charge in [-0.25, -0.2) is 4.98 Å². The van der Waals surface area contributed by atoms with Crippen LogP contribution >= 0.6 is 22.9 Å². The monoisotopic (exact) mass is 464 g/mol. The largest absolute Gasteiger partial charge is 0.474 e. The van der Waals surface area contributed by atoms with Gasteiger partial charge in [-0.2, -0.15) is 0 Å². The first-order valence-electron chi connectivity index (χ1n) is 11.0. The van der Waals surface area contributed by atoms with Crippen LogP contribution in [0.15, 0.2) is 61.3 Å². The average Bonchev–Trinajstić information content (AvgIpc) is 3.47. The molecule has 0 spiro atoms. The minimum atomic E-state index is -0.0608. The Balaban J connectivity index is 1.58. The number of benzene rings is 1. The van der Waals surface area contributed by atoms with Crippen LogP contribution < -0.4 is 4.74 Å². The van der Waals surface area contributed by atoms with Crippen molar-refractivity contribution in [1.29, 1.82) is 0 Å². The van der Waals surface area contributed by atoms with E-state index in [4.69, 9.17) is 16.3 Å². The molecular weight excluding hydrogens is 440 g/mol. The molecule has 0 unspecified atom stereocenters. The summed E-state index contributed by atoms with van der Waals surface area (Å²) in [4.78, 5) is 20.1. The molecule has 1 amide bonds. The molecule has 1 aliphatic carbocycles. The topological polar surface area (TPSA) is 42.4 Å². The van der Waals surface area contributed by atoms with E-state index in [1.165, 1.54) is 24.5 Å². The fraction of sp³-hybridized carbons (Fsp3) is 0.308. The molecule has 0 radical (unpaired) electrons.